The predicted octanol–water partition coefficient (Wildman–Crippen LogP) is 11.5. The Labute approximate surface area is 297 Å². The van der Waals surface area contributed by atoms with E-state index in [4.69, 9.17) is 15.0 Å². The smallest absolute Gasteiger partial charge is 0.164 e. The summed E-state index contributed by atoms with van der Waals surface area (Å²) in [4.78, 5) is 23.7. The SMILES string of the molecule is C=N/C(=N\C=C/C)c1ccc(-c2cc(-c3nc(-c4ccccc4)nc(-c4ccccc4)n3)cc(-c3cc4ccccc4c4ccccc34)c2)cc1. The predicted molar refractivity (Wildman–Crippen MR) is 213 cm³/mol. The number of hydrogen-bond donors (Lipinski definition) is 0. The minimum atomic E-state index is 0.573. The molecule has 7 aromatic carbocycles. The molecule has 1 heterocycles. The molecule has 242 valence electrons. The van der Waals surface area contributed by atoms with Crippen molar-refractivity contribution in [2.24, 2.45) is 9.98 Å². The maximum absolute atomic E-state index is 5.09. The van der Waals surface area contributed by atoms with E-state index in [-0.39, 0.29) is 0 Å². The van der Waals surface area contributed by atoms with Gasteiger partial charge in [-0.3, -0.25) is 0 Å². The summed E-state index contributed by atoms with van der Waals surface area (Å²) >= 11 is 0. The number of aromatic nitrogens is 3. The molecular formula is C46H33N5. The highest BCUT2D eigenvalue weighted by atomic mass is 15.0. The first-order valence-corrected chi connectivity index (χ1v) is 16.9. The zero-order chi connectivity index (χ0) is 34.6. The summed E-state index contributed by atoms with van der Waals surface area (Å²) in [6.07, 6.45) is 3.60. The van der Waals surface area contributed by atoms with Gasteiger partial charge in [-0.05, 0) is 81.7 Å². The Hall–Kier alpha value is -6.85. The van der Waals surface area contributed by atoms with E-state index in [2.05, 4.69) is 102 Å². The average molecular weight is 656 g/mol. The van der Waals surface area contributed by atoms with E-state index in [0.29, 0.717) is 23.3 Å². The number of amidine groups is 1. The molecule has 1 aromatic heterocycles. The quantitative estimate of drug-likeness (QED) is 0.0975. The number of allylic oxidation sites excluding steroid dienone is 1. The summed E-state index contributed by atoms with van der Waals surface area (Å²) < 4.78 is 0. The van der Waals surface area contributed by atoms with E-state index in [1.807, 2.05) is 85.8 Å². The second-order valence-corrected chi connectivity index (χ2v) is 12.2. The molecule has 5 nitrogen and oxygen atoms in total. The Morgan fingerprint density at radius 1 is 0.490 bits per heavy atom. The highest BCUT2D eigenvalue weighted by Crippen LogP contribution is 2.39. The zero-order valence-electron chi connectivity index (χ0n) is 28.1. The number of nitrogens with zero attached hydrogens (tertiary/aromatic N) is 5. The molecular weight excluding hydrogens is 623 g/mol. The van der Waals surface area contributed by atoms with Gasteiger partial charge in [-0.25, -0.2) is 24.9 Å². The molecule has 0 aliphatic rings. The molecule has 0 N–H and O–H groups in total. The molecule has 0 aliphatic heterocycles. The molecule has 5 heteroatoms. The Morgan fingerprint density at radius 2 is 1.02 bits per heavy atom. The standard InChI is InChI=1S/C46H33N5/c1-3-26-48-43(47-2)34-24-22-31(23-25-34)36-27-37(42-30-35-18-10-11-19-39(35)40-20-12-13-21-41(40)42)29-38(28-36)46-50-44(32-14-6-4-7-15-32)49-45(51-46)33-16-8-5-9-17-33/h3-30H,2H2,1H3/b26-3-,48-43-. The summed E-state index contributed by atoms with van der Waals surface area (Å²) in [6, 6.07) is 54.5. The van der Waals surface area contributed by atoms with Crippen molar-refractivity contribution in [1.82, 2.24) is 15.0 Å². The van der Waals surface area contributed by atoms with Crippen LogP contribution in [0.4, 0.5) is 0 Å². The van der Waals surface area contributed by atoms with Crippen LogP contribution in [0, 0.1) is 0 Å². The van der Waals surface area contributed by atoms with Crippen molar-refractivity contribution in [1.29, 1.82) is 0 Å². The number of rotatable bonds is 7. The van der Waals surface area contributed by atoms with Gasteiger partial charge in [-0.15, -0.1) is 0 Å². The van der Waals surface area contributed by atoms with E-state index >= 15 is 0 Å². The third-order valence-corrected chi connectivity index (χ3v) is 8.94. The number of benzene rings is 7. The Morgan fingerprint density at radius 3 is 1.65 bits per heavy atom. The normalized spacial score (nSPS) is 11.7. The summed E-state index contributed by atoms with van der Waals surface area (Å²) in [7, 11) is 0. The monoisotopic (exact) mass is 655 g/mol. The lowest BCUT2D eigenvalue weighted by atomic mass is 9.90. The molecule has 0 saturated heterocycles. The van der Waals surface area contributed by atoms with Crippen LogP contribution in [-0.2, 0) is 0 Å². The van der Waals surface area contributed by atoms with Gasteiger partial charge in [0.25, 0.3) is 0 Å². The van der Waals surface area contributed by atoms with Crippen LogP contribution in [0.25, 0.3) is 78.0 Å². The van der Waals surface area contributed by atoms with Gasteiger partial charge < -0.3 is 0 Å². The van der Waals surface area contributed by atoms with Gasteiger partial charge in [-0.2, -0.15) is 0 Å². The van der Waals surface area contributed by atoms with Crippen molar-refractivity contribution >= 4 is 34.1 Å². The van der Waals surface area contributed by atoms with E-state index in [9.17, 15) is 0 Å². The number of hydrogen-bond acceptors (Lipinski definition) is 4. The summed E-state index contributed by atoms with van der Waals surface area (Å²) in [5, 5.41) is 4.81. The fourth-order valence-corrected chi connectivity index (χ4v) is 6.47. The molecule has 0 atom stereocenters. The Bertz CT molecular complexity index is 2530. The molecule has 0 radical (unpaired) electrons. The van der Waals surface area contributed by atoms with Gasteiger partial charge in [0.2, 0.25) is 0 Å². The van der Waals surface area contributed by atoms with Crippen LogP contribution in [0.1, 0.15) is 12.5 Å². The fraction of sp³-hybridized carbons (Fsp3) is 0.0217. The molecule has 8 rings (SSSR count). The number of fused-ring (bicyclic) bond motifs is 3. The molecule has 0 fully saturated rings. The topological polar surface area (TPSA) is 63.4 Å². The lowest BCUT2D eigenvalue weighted by Crippen LogP contribution is -2.00. The van der Waals surface area contributed by atoms with Crippen LogP contribution in [0.3, 0.4) is 0 Å². The van der Waals surface area contributed by atoms with Crippen LogP contribution in [0.5, 0.6) is 0 Å². The van der Waals surface area contributed by atoms with Crippen LogP contribution >= 0.6 is 0 Å². The molecule has 0 amide bonds. The van der Waals surface area contributed by atoms with Crippen molar-refractivity contribution < 1.29 is 0 Å². The van der Waals surface area contributed by atoms with Gasteiger partial charge in [0.15, 0.2) is 23.3 Å². The minimum Gasteiger partial charge on any atom is -0.245 e. The second kappa shape index (κ2) is 13.9. The molecule has 0 unspecified atom stereocenters. The van der Waals surface area contributed by atoms with Gasteiger partial charge in [0, 0.05) is 28.5 Å². The first-order valence-electron chi connectivity index (χ1n) is 16.9. The second-order valence-electron chi connectivity index (χ2n) is 12.2. The number of aliphatic imine (C=N–C) groups is 2. The average Bonchev–Trinajstić information content (AvgIpc) is 3.21. The van der Waals surface area contributed by atoms with Crippen molar-refractivity contribution in [2.75, 3.05) is 0 Å². The third-order valence-electron chi connectivity index (χ3n) is 8.94. The van der Waals surface area contributed by atoms with Crippen molar-refractivity contribution in [3.63, 3.8) is 0 Å². The van der Waals surface area contributed by atoms with E-state index < -0.39 is 0 Å². The lowest BCUT2D eigenvalue weighted by Gasteiger charge is -2.15. The summed E-state index contributed by atoms with van der Waals surface area (Å²) in [6.45, 7) is 5.66. The largest absolute Gasteiger partial charge is 0.245 e. The minimum absolute atomic E-state index is 0.573. The zero-order valence-corrected chi connectivity index (χ0v) is 28.1. The van der Waals surface area contributed by atoms with Crippen LogP contribution in [-0.4, -0.2) is 27.5 Å². The fourth-order valence-electron chi connectivity index (χ4n) is 6.47. The Balaban J connectivity index is 1.37. The molecule has 0 saturated carbocycles. The third kappa shape index (κ3) is 6.36. The lowest BCUT2D eigenvalue weighted by molar-refractivity contribution is 1.07. The van der Waals surface area contributed by atoms with Crippen molar-refractivity contribution in [2.45, 2.75) is 6.92 Å². The van der Waals surface area contributed by atoms with E-state index in [1.54, 1.807) is 6.20 Å². The molecule has 0 bridgehead atoms. The van der Waals surface area contributed by atoms with Gasteiger partial charge in [0.1, 0.15) is 0 Å². The summed E-state index contributed by atoms with van der Waals surface area (Å²) in [5.74, 6) is 2.42. The van der Waals surface area contributed by atoms with Crippen LogP contribution in [0.2, 0.25) is 0 Å². The van der Waals surface area contributed by atoms with Gasteiger partial charge in [-0.1, -0.05) is 140 Å². The maximum atomic E-state index is 5.09. The van der Waals surface area contributed by atoms with Crippen LogP contribution in [0.15, 0.2) is 180 Å². The van der Waals surface area contributed by atoms with Gasteiger partial charge in [0.05, 0.1) is 0 Å². The van der Waals surface area contributed by atoms with Gasteiger partial charge >= 0.3 is 0 Å². The highest BCUT2D eigenvalue weighted by Gasteiger charge is 2.16. The summed E-state index contributed by atoms with van der Waals surface area (Å²) in [5.41, 5.74) is 7.93. The van der Waals surface area contributed by atoms with Crippen molar-refractivity contribution in [3.05, 3.63) is 176 Å². The van der Waals surface area contributed by atoms with Crippen molar-refractivity contribution in [3.8, 4) is 56.4 Å². The molecule has 51 heavy (non-hydrogen) atoms. The van der Waals surface area contributed by atoms with E-state index in [1.165, 1.54) is 21.5 Å². The maximum Gasteiger partial charge on any atom is 0.164 e. The Kier molecular flexibility index (Phi) is 8.59. The highest BCUT2D eigenvalue weighted by molar-refractivity contribution is 6.14. The molecule has 0 aliphatic carbocycles. The van der Waals surface area contributed by atoms with E-state index in [0.717, 1.165) is 44.5 Å². The first-order chi connectivity index (χ1) is 25.2. The molecule has 0 spiro atoms. The first kappa shape index (κ1) is 31.4. The van der Waals surface area contributed by atoms with Crippen LogP contribution < -0.4 is 0 Å². The molecule has 8 aromatic rings.